The van der Waals surface area contributed by atoms with Crippen LogP contribution in [-0.2, 0) is 19.2 Å². The van der Waals surface area contributed by atoms with Crippen LogP contribution in [0.4, 0.5) is 0 Å². The van der Waals surface area contributed by atoms with Gasteiger partial charge in [-0.2, -0.15) is 0 Å². The van der Waals surface area contributed by atoms with Crippen molar-refractivity contribution in [1.82, 2.24) is 10.2 Å². The summed E-state index contributed by atoms with van der Waals surface area (Å²) in [5.74, 6) is -5.16. The van der Waals surface area contributed by atoms with Gasteiger partial charge in [0.2, 0.25) is 11.8 Å². The number of aliphatic carboxylic acids is 2. The number of β-lactam (4-membered cyclic amide) rings is 1. The second-order valence-corrected chi connectivity index (χ2v) is 8.54. The molecule has 2 fully saturated rings. The molecule has 2 aliphatic heterocycles. The highest BCUT2D eigenvalue weighted by molar-refractivity contribution is 8.01. The number of fused-ring (bicyclic) bond motifs is 1. The molecule has 3 rings (SSSR count). The first kappa shape index (κ1) is 18.2. The van der Waals surface area contributed by atoms with E-state index >= 15 is 0 Å². The van der Waals surface area contributed by atoms with Gasteiger partial charge in [-0.15, -0.1) is 11.8 Å². The van der Waals surface area contributed by atoms with E-state index in [0.29, 0.717) is 5.56 Å². The fourth-order valence-corrected chi connectivity index (χ4v) is 5.06. The quantitative estimate of drug-likeness (QED) is 0.503. The van der Waals surface area contributed by atoms with Gasteiger partial charge in [0, 0.05) is 4.75 Å². The van der Waals surface area contributed by atoms with Gasteiger partial charge >= 0.3 is 11.9 Å². The Morgan fingerprint density at radius 3 is 2.35 bits per heavy atom. The number of benzene rings is 1. The van der Waals surface area contributed by atoms with E-state index in [-0.39, 0.29) is 0 Å². The molecule has 2 aliphatic rings. The third kappa shape index (κ3) is 2.82. The Labute approximate surface area is 153 Å². The van der Waals surface area contributed by atoms with Crippen molar-refractivity contribution >= 4 is 35.5 Å². The Hall–Kier alpha value is -2.55. The monoisotopic (exact) mass is 378 g/mol. The Bertz CT molecular complexity index is 781. The second-order valence-electron chi connectivity index (χ2n) is 6.77. The van der Waals surface area contributed by atoms with Crippen LogP contribution in [0.15, 0.2) is 30.3 Å². The number of hydrogen-bond donors (Lipinski definition) is 3. The summed E-state index contributed by atoms with van der Waals surface area (Å²) in [4.78, 5) is 49.2. The average molecular weight is 378 g/mol. The summed E-state index contributed by atoms with van der Waals surface area (Å²) in [5.41, 5.74) is 0.309. The molecule has 3 N–H and O–H groups in total. The molecule has 0 spiro atoms. The molecular weight excluding hydrogens is 360 g/mol. The molecule has 0 saturated carbocycles. The lowest BCUT2D eigenvalue weighted by Crippen LogP contribution is -2.71. The van der Waals surface area contributed by atoms with Crippen LogP contribution in [0.25, 0.3) is 0 Å². The number of hydrogen-bond acceptors (Lipinski definition) is 5. The third-order valence-corrected chi connectivity index (χ3v) is 6.19. The summed E-state index contributed by atoms with van der Waals surface area (Å²) in [5, 5.41) is 20.8. The minimum absolute atomic E-state index is 0.309. The van der Waals surface area contributed by atoms with Crippen LogP contribution in [-0.4, -0.2) is 61.1 Å². The zero-order valence-electron chi connectivity index (χ0n) is 14.1. The smallest absolute Gasteiger partial charge is 0.327 e. The number of carbonyl (C=O) groups excluding carboxylic acids is 2. The van der Waals surface area contributed by atoms with E-state index in [0.717, 1.165) is 0 Å². The number of thioether (sulfide) groups is 1. The second kappa shape index (κ2) is 6.31. The Morgan fingerprint density at radius 2 is 1.81 bits per heavy atom. The van der Waals surface area contributed by atoms with Gasteiger partial charge in [-0.3, -0.25) is 14.4 Å². The van der Waals surface area contributed by atoms with Crippen LogP contribution in [0.2, 0.25) is 0 Å². The molecule has 2 amide bonds. The summed E-state index contributed by atoms with van der Waals surface area (Å²) in [6.07, 6.45) is 0. The van der Waals surface area contributed by atoms with E-state index in [4.69, 9.17) is 0 Å². The summed E-state index contributed by atoms with van der Waals surface area (Å²) < 4.78 is -0.711. The normalized spacial score (nSPS) is 27.2. The molecule has 0 radical (unpaired) electrons. The van der Waals surface area contributed by atoms with Crippen LogP contribution >= 0.6 is 11.8 Å². The standard InChI is InChI=1S/C17H18N2O6S/c1-17(2)11(16(24)25)19-13(21)10(14(19)26-17)18-12(20)9(15(22)23)8-6-4-3-5-7-8/h3-7,9-11,14H,1-2H3,(H,18,20)(H,22,23)(H,24,25)/t9-,10-,11+,14+/m1/s1. The Balaban J connectivity index is 1.78. The van der Waals surface area contributed by atoms with Gasteiger partial charge < -0.3 is 20.4 Å². The zero-order chi connectivity index (χ0) is 19.2. The average Bonchev–Trinajstić information content (AvgIpc) is 2.82. The molecule has 4 atom stereocenters. The lowest BCUT2D eigenvalue weighted by molar-refractivity contribution is -0.161. The predicted molar refractivity (Wildman–Crippen MR) is 92.5 cm³/mol. The lowest BCUT2D eigenvalue weighted by atomic mass is 9.94. The summed E-state index contributed by atoms with van der Waals surface area (Å²) >= 11 is 1.29. The lowest BCUT2D eigenvalue weighted by Gasteiger charge is -2.43. The summed E-state index contributed by atoms with van der Waals surface area (Å²) in [7, 11) is 0. The highest BCUT2D eigenvalue weighted by atomic mass is 32.2. The van der Waals surface area contributed by atoms with Crippen molar-refractivity contribution < 1.29 is 29.4 Å². The van der Waals surface area contributed by atoms with Gasteiger partial charge in [-0.05, 0) is 19.4 Å². The van der Waals surface area contributed by atoms with Crippen LogP contribution in [0.3, 0.4) is 0 Å². The molecule has 1 aromatic carbocycles. The SMILES string of the molecule is CC1(C)S[C@H]2[C@H](NC(=O)[C@H](C(=O)O)c3ccccc3)C(=O)N2[C@H]1C(=O)O. The van der Waals surface area contributed by atoms with Gasteiger partial charge in [-0.1, -0.05) is 30.3 Å². The van der Waals surface area contributed by atoms with Crippen molar-refractivity contribution in [2.75, 3.05) is 0 Å². The number of carbonyl (C=O) groups is 4. The molecule has 138 valence electrons. The number of nitrogens with zero attached hydrogens (tertiary/aromatic N) is 1. The van der Waals surface area contributed by atoms with E-state index < -0.39 is 51.9 Å². The van der Waals surface area contributed by atoms with Crippen LogP contribution in [0, 0.1) is 0 Å². The maximum absolute atomic E-state index is 12.5. The first-order valence-electron chi connectivity index (χ1n) is 7.96. The van der Waals surface area contributed by atoms with Gasteiger partial charge in [0.05, 0.1) is 0 Å². The first-order valence-corrected chi connectivity index (χ1v) is 8.84. The van der Waals surface area contributed by atoms with Gasteiger partial charge in [0.15, 0.2) is 5.92 Å². The summed E-state index contributed by atoms with van der Waals surface area (Å²) in [6.45, 7) is 3.45. The summed E-state index contributed by atoms with van der Waals surface area (Å²) in [6, 6.07) is 6.10. The number of rotatable bonds is 5. The molecule has 1 aromatic rings. The molecule has 0 aliphatic carbocycles. The fraction of sp³-hybridized carbons (Fsp3) is 0.412. The van der Waals surface area contributed by atoms with Crippen LogP contribution < -0.4 is 5.32 Å². The molecule has 9 heteroatoms. The molecule has 26 heavy (non-hydrogen) atoms. The Morgan fingerprint density at radius 1 is 1.19 bits per heavy atom. The molecule has 8 nitrogen and oxygen atoms in total. The van der Waals surface area contributed by atoms with Crippen LogP contribution in [0.5, 0.6) is 0 Å². The molecule has 0 bridgehead atoms. The topological polar surface area (TPSA) is 124 Å². The van der Waals surface area contributed by atoms with Gasteiger partial charge in [-0.25, -0.2) is 4.79 Å². The highest BCUT2D eigenvalue weighted by Gasteiger charge is 2.64. The number of amides is 2. The molecule has 2 heterocycles. The Kier molecular flexibility index (Phi) is 4.43. The van der Waals surface area contributed by atoms with Crippen molar-refractivity contribution in [1.29, 1.82) is 0 Å². The molecule has 0 aromatic heterocycles. The number of nitrogens with one attached hydrogen (secondary N) is 1. The zero-order valence-corrected chi connectivity index (χ0v) is 14.9. The van der Waals surface area contributed by atoms with Crippen molar-refractivity contribution in [2.45, 2.75) is 42.0 Å². The molecular formula is C17H18N2O6S. The van der Waals surface area contributed by atoms with Gasteiger partial charge in [0.1, 0.15) is 17.5 Å². The van der Waals surface area contributed by atoms with E-state index in [9.17, 15) is 29.4 Å². The van der Waals surface area contributed by atoms with Crippen molar-refractivity contribution in [2.24, 2.45) is 0 Å². The van der Waals surface area contributed by atoms with Crippen LogP contribution in [0.1, 0.15) is 25.3 Å². The number of carboxylic acid groups (broad SMARTS) is 2. The maximum atomic E-state index is 12.5. The van der Waals surface area contributed by atoms with Gasteiger partial charge in [0.25, 0.3) is 0 Å². The molecule has 2 saturated heterocycles. The maximum Gasteiger partial charge on any atom is 0.327 e. The fourth-order valence-electron chi connectivity index (χ4n) is 3.43. The third-order valence-electron chi connectivity index (χ3n) is 4.61. The molecule has 0 unspecified atom stereocenters. The van der Waals surface area contributed by atoms with Crippen molar-refractivity contribution in [3.05, 3.63) is 35.9 Å². The van der Waals surface area contributed by atoms with E-state index in [2.05, 4.69) is 5.32 Å². The minimum Gasteiger partial charge on any atom is -0.480 e. The number of carboxylic acids is 2. The highest BCUT2D eigenvalue weighted by Crippen LogP contribution is 2.50. The van der Waals surface area contributed by atoms with Crippen molar-refractivity contribution in [3.63, 3.8) is 0 Å². The van der Waals surface area contributed by atoms with E-state index in [1.807, 2.05) is 0 Å². The minimum atomic E-state index is -1.44. The van der Waals surface area contributed by atoms with E-state index in [1.165, 1.54) is 28.8 Å². The van der Waals surface area contributed by atoms with Crippen molar-refractivity contribution in [3.8, 4) is 0 Å². The largest absolute Gasteiger partial charge is 0.480 e. The predicted octanol–water partition coefficient (Wildman–Crippen LogP) is 0.486. The van der Waals surface area contributed by atoms with E-state index in [1.54, 1.807) is 32.0 Å². The first-order chi connectivity index (χ1) is 12.1.